The highest BCUT2D eigenvalue weighted by Gasteiger charge is 2.43. The Bertz CT molecular complexity index is 1190. The third-order valence-electron chi connectivity index (χ3n) is 7.05. The lowest BCUT2D eigenvalue weighted by molar-refractivity contribution is -0.237. The van der Waals surface area contributed by atoms with Gasteiger partial charge in [0.1, 0.15) is 23.2 Å². The zero-order valence-electron chi connectivity index (χ0n) is 23.9. The van der Waals surface area contributed by atoms with Crippen LogP contribution in [0.3, 0.4) is 0 Å². The lowest BCUT2D eigenvalue weighted by Gasteiger charge is -2.49. The van der Waals surface area contributed by atoms with E-state index in [1.807, 2.05) is 38.1 Å². The molecule has 1 atom stereocenters. The summed E-state index contributed by atoms with van der Waals surface area (Å²) in [6.07, 6.45) is 9.96. The molecule has 1 unspecified atom stereocenters. The van der Waals surface area contributed by atoms with Crippen LogP contribution in [-0.4, -0.2) is 50.3 Å². The van der Waals surface area contributed by atoms with Gasteiger partial charge < -0.3 is 18.9 Å². The molecule has 6 nitrogen and oxygen atoms in total. The van der Waals surface area contributed by atoms with E-state index in [9.17, 15) is 8.78 Å². The average molecular weight is 591 g/mol. The standard InChI is InChI=1S/C26H34F2N2O3SSi.C4H6O/c1-26(2,32-18-31-14-15-35(3,4)5)23-17-30-24(34-23)21(16-19-10-12-29-13-11-19)20-8-6-7-9-22(20)33-25(27)28;1-3-2-4(1)5-3/h6-13,17,21,25H,14-16,18H2,1-5H3;3-4H,1-2H2. The minimum atomic E-state index is -2.90. The van der Waals surface area contributed by atoms with Crippen molar-refractivity contribution >= 4 is 19.4 Å². The summed E-state index contributed by atoms with van der Waals surface area (Å²) in [6, 6.07) is 11.8. The maximum Gasteiger partial charge on any atom is 0.387 e. The summed E-state index contributed by atoms with van der Waals surface area (Å²) in [6.45, 7) is 8.89. The number of rotatable bonds is 13. The van der Waals surface area contributed by atoms with E-state index >= 15 is 0 Å². The number of alkyl halides is 2. The molecule has 3 aliphatic rings. The van der Waals surface area contributed by atoms with Crippen LogP contribution in [0, 0.1) is 0 Å². The molecule has 2 aliphatic heterocycles. The van der Waals surface area contributed by atoms with Gasteiger partial charge in [-0.3, -0.25) is 4.98 Å². The maximum absolute atomic E-state index is 13.1. The van der Waals surface area contributed by atoms with Crippen LogP contribution < -0.4 is 4.74 Å². The first-order valence-electron chi connectivity index (χ1n) is 13.8. The van der Waals surface area contributed by atoms with Gasteiger partial charge in [-0.2, -0.15) is 8.78 Å². The van der Waals surface area contributed by atoms with Crippen molar-refractivity contribution in [3.8, 4) is 5.75 Å². The molecule has 0 amide bonds. The van der Waals surface area contributed by atoms with Crippen molar-refractivity contribution in [3.05, 3.63) is 76.0 Å². The van der Waals surface area contributed by atoms with E-state index < -0.39 is 20.3 Å². The first-order chi connectivity index (χ1) is 19.0. The van der Waals surface area contributed by atoms with Crippen molar-refractivity contribution in [1.82, 2.24) is 9.97 Å². The Morgan fingerprint density at radius 2 is 1.73 bits per heavy atom. The van der Waals surface area contributed by atoms with Crippen LogP contribution in [0.4, 0.5) is 8.78 Å². The second-order valence-corrected chi connectivity index (χ2v) is 18.6. The molecule has 2 saturated heterocycles. The Morgan fingerprint density at radius 1 is 1.07 bits per heavy atom. The SMILES string of the molecule is C1C2CC1O2.CC(C)(OCOCC[Si](C)(C)C)c1cnc(C(Cc2ccncc2)c2ccccc2OC(F)F)s1. The van der Waals surface area contributed by atoms with E-state index in [4.69, 9.17) is 23.9 Å². The molecule has 6 rings (SSSR count). The smallest absolute Gasteiger partial charge is 0.387 e. The summed E-state index contributed by atoms with van der Waals surface area (Å²) in [7, 11) is -1.16. The van der Waals surface area contributed by atoms with Gasteiger partial charge in [-0.1, -0.05) is 37.8 Å². The second kappa shape index (κ2) is 13.6. The fourth-order valence-electron chi connectivity index (χ4n) is 4.25. The summed E-state index contributed by atoms with van der Waals surface area (Å²) in [5.41, 5.74) is 1.09. The van der Waals surface area contributed by atoms with E-state index in [0.717, 1.165) is 21.5 Å². The average Bonchev–Trinajstić information content (AvgIpc) is 3.32. The predicted octanol–water partition coefficient (Wildman–Crippen LogP) is 7.63. The van der Waals surface area contributed by atoms with Gasteiger partial charge in [0.15, 0.2) is 0 Å². The van der Waals surface area contributed by atoms with Crippen LogP contribution in [0.2, 0.25) is 25.7 Å². The van der Waals surface area contributed by atoms with Gasteiger partial charge in [0, 0.05) is 44.8 Å². The highest BCUT2D eigenvalue weighted by atomic mass is 32.1. The molecule has 40 heavy (non-hydrogen) atoms. The number of benzene rings is 1. The third-order valence-corrected chi connectivity index (χ3v) is 10.2. The molecule has 1 aromatic carbocycles. The lowest BCUT2D eigenvalue weighted by Crippen LogP contribution is -2.52. The Hall–Kier alpha value is -2.24. The molecule has 218 valence electrons. The first-order valence-corrected chi connectivity index (χ1v) is 18.3. The van der Waals surface area contributed by atoms with Crippen molar-refractivity contribution in [2.24, 2.45) is 0 Å². The van der Waals surface area contributed by atoms with Gasteiger partial charge in [-0.05, 0) is 62.9 Å². The normalized spacial score (nSPS) is 18.8. The van der Waals surface area contributed by atoms with Gasteiger partial charge in [0.05, 0.1) is 17.1 Å². The van der Waals surface area contributed by atoms with Crippen LogP contribution in [0.5, 0.6) is 5.75 Å². The molecule has 1 aliphatic carbocycles. The summed E-state index contributed by atoms with van der Waals surface area (Å²) in [4.78, 5) is 9.72. The molecule has 1 saturated carbocycles. The maximum atomic E-state index is 13.1. The van der Waals surface area contributed by atoms with Gasteiger partial charge >= 0.3 is 6.61 Å². The highest BCUT2D eigenvalue weighted by Crippen LogP contribution is 2.40. The van der Waals surface area contributed by atoms with Gasteiger partial charge in [-0.25, -0.2) is 4.98 Å². The van der Waals surface area contributed by atoms with E-state index in [1.54, 1.807) is 30.7 Å². The van der Waals surface area contributed by atoms with Crippen molar-refractivity contribution in [2.45, 2.75) is 89.1 Å². The van der Waals surface area contributed by atoms with Crippen LogP contribution >= 0.6 is 11.3 Å². The Balaban J connectivity index is 0.000000651. The highest BCUT2D eigenvalue weighted by molar-refractivity contribution is 7.11. The minimum absolute atomic E-state index is 0.157. The molecule has 10 heteroatoms. The number of hydrogen-bond acceptors (Lipinski definition) is 7. The number of nitrogens with zero attached hydrogens (tertiary/aromatic N) is 2. The van der Waals surface area contributed by atoms with E-state index in [1.165, 1.54) is 24.2 Å². The summed E-state index contributed by atoms with van der Waals surface area (Å²) in [5, 5.41) is 0.804. The number of aromatic nitrogens is 2. The Morgan fingerprint density at radius 3 is 2.33 bits per heavy atom. The van der Waals surface area contributed by atoms with E-state index in [2.05, 4.69) is 24.6 Å². The molecule has 0 radical (unpaired) electrons. The molecular formula is C30H40F2N2O4SSi. The number of halogens is 2. The van der Waals surface area contributed by atoms with E-state index in [-0.39, 0.29) is 18.5 Å². The fourth-order valence-corrected chi connectivity index (χ4v) is 6.10. The molecule has 0 spiro atoms. The summed E-state index contributed by atoms with van der Waals surface area (Å²) in [5.74, 6) is -0.112. The van der Waals surface area contributed by atoms with Gasteiger partial charge in [0.25, 0.3) is 0 Å². The van der Waals surface area contributed by atoms with Crippen LogP contribution in [0.25, 0.3) is 0 Å². The van der Waals surface area contributed by atoms with E-state index in [0.29, 0.717) is 30.8 Å². The first kappa shape index (κ1) is 30.7. The Labute approximate surface area is 241 Å². The summed E-state index contributed by atoms with van der Waals surface area (Å²) < 4.78 is 47.9. The zero-order chi connectivity index (χ0) is 28.8. The van der Waals surface area contributed by atoms with Crippen LogP contribution in [0.1, 0.15) is 53.6 Å². The zero-order valence-corrected chi connectivity index (χ0v) is 25.8. The van der Waals surface area contributed by atoms with Crippen molar-refractivity contribution in [1.29, 1.82) is 0 Å². The number of ether oxygens (including phenoxy) is 4. The van der Waals surface area contributed by atoms with Crippen molar-refractivity contribution in [2.75, 3.05) is 13.4 Å². The number of para-hydroxylation sites is 1. The molecule has 2 bridgehead atoms. The topological polar surface area (TPSA) is 62.7 Å². The fraction of sp³-hybridized carbons (Fsp3) is 0.533. The molecule has 4 heterocycles. The molecule has 0 N–H and O–H groups in total. The Kier molecular flexibility index (Phi) is 10.5. The predicted molar refractivity (Wildman–Crippen MR) is 156 cm³/mol. The molecule has 3 aromatic rings. The monoisotopic (exact) mass is 590 g/mol. The van der Waals surface area contributed by atoms with Crippen LogP contribution in [-0.2, 0) is 26.2 Å². The van der Waals surface area contributed by atoms with Gasteiger partial charge in [-0.15, -0.1) is 11.3 Å². The summed E-state index contributed by atoms with van der Waals surface area (Å²) >= 11 is 1.51. The van der Waals surface area contributed by atoms with Crippen molar-refractivity contribution < 1.29 is 27.7 Å². The van der Waals surface area contributed by atoms with Gasteiger partial charge in [0.2, 0.25) is 0 Å². The van der Waals surface area contributed by atoms with Crippen LogP contribution in [0.15, 0.2) is 55.0 Å². The largest absolute Gasteiger partial charge is 0.435 e. The number of pyridine rings is 1. The quantitative estimate of drug-likeness (QED) is 0.116. The minimum Gasteiger partial charge on any atom is -0.435 e. The lowest BCUT2D eigenvalue weighted by atomic mass is 9.84. The second-order valence-electron chi connectivity index (χ2n) is 11.9. The third kappa shape index (κ3) is 8.88. The number of hydrogen-bond donors (Lipinski definition) is 0. The molecule has 2 aromatic heterocycles. The number of thiazole rings is 1. The molecular weight excluding hydrogens is 550 g/mol. The van der Waals surface area contributed by atoms with Crippen molar-refractivity contribution in [3.63, 3.8) is 0 Å². The molecule has 3 fully saturated rings.